The van der Waals surface area contributed by atoms with Crippen molar-refractivity contribution in [3.8, 4) is 5.75 Å². The SMILES string of the molecule is COc1cccc(CCC(=O)N2CCC(O)C(C)C2)c1. The normalized spacial score (nSPS) is 22.6. The van der Waals surface area contributed by atoms with Crippen molar-refractivity contribution in [2.24, 2.45) is 5.92 Å². The summed E-state index contributed by atoms with van der Waals surface area (Å²) in [4.78, 5) is 14.1. The average molecular weight is 277 g/mol. The number of benzene rings is 1. The average Bonchev–Trinajstić information content (AvgIpc) is 2.47. The third-order valence-corrected chi connectivity index (χ3v) is 3.97. The number of methoxy groups -OCH3 is 1. The number of hydrogen-bond donors (Lipinski definition) is 1. The van der Waals surface area contributed by atoms with Gasteiger partial charge in [0.25, 0.3) is 0 Å². The lowest BCUT2D eigenvalue weighted by Crippen LogP contribution is -2.45. The van der Waals surface area contributed by atoms with Crippen molar-refractivity contribution in [1.29, 1.82) is 0 Å². The molecule has 0 bridgehead atoms. The van der Waals surface area contributed by atoms with E-state index in [1.807, 2.05) is 36.1 Å². The molecule has 2 rings (SSSR count). The van der Waals surface area contributed by atoms with E-state index in [1.54, 1.807) is 7.11 Å². The quantitative estimate of drug-likeness (QED) is 0.914. The Balaban J connectivity index is 1.85. The van der Waals surface area contributed by atoms with Gasteiger partial charge in [-0.1, -0.05) is 19.1 Å². The van der Waals surface area contributed by atoms with Crippen molar-refractivity contribution >= 4 is 5.91 Å². The maximum Gasteiger partial charge on any atom is 0.222 e. The van der Waals surface area contributed by atoms with E-state index in [2.05, 4.69) is 0 Å². The van der Waals surface area contributed by atoms with Crippen molar-refractivity contribution in [3.63, 3.8) is 0 Å². The Morgan fingerprint density at radius 1 is 1.50 bits per heavy atom. The second kappa shape index (κ2) is 6.75. The van der Waals surface area contributed by atoms with Crippen LogP contribution < -0.4 is 4.74 Å². The molecule has 20 heavy (non-hydrogen) atoms. The highest BCUT2D eigenvalue weighted by Gasteiger charge is 2.26. The summed E-state index contributed by atoms with van der Waals surface area (Å²) in [7, 11) is 1.64. The predicted octanol–water partition coefficient (Wildman–Crippen LogP) is 1.86. The summed E-state index contributed by atoms with van der Waals surface area (Å²) < 4.78 is 5.18. The number of likely N-dealkylation sites (tertiary alicyclic amines) is 1. The number of ether oxygens (including phenoxy) is 1. The Bertz CT molecular complexity index is 461. The second-order valence-electron chi connectivity index (χ2n) is 5.52. The molecule has 110 valence electrons. The van der Waals surface area contributed by atoms with E-state index in [4.69, 9.17) is 4.74 Å². The fourth-order valence-corrected chi connectivity index (χ4v) is 2.60. The minimum Gasteiger partial charge on any atom is -0.497 e. The van der Waals surface area contributed by atoms with E-state index < -0.39 is 0 Å². The molecule has 0 aromatic heterocycles. The third kappa shape index (κ3) is 3.73. The summed E-state index contributed by atoms with van der Waals surface area (Å²) in [6, 6.07) is 7.82. The van der Waals surface area contributed by atoms with Gasteiger partial charge in [-0.25, -0.2) is 0 Å². The molecule has 2 unspecified atom stereocenters. The molecule has 1 heterocycles. The molecule has 1 aromatic carbocycles. The van der Waals surface area contributed by atoms with E-state index >= 15 is 0 Å². The molecule has 4 nitrogen and oxygen atoms in total. The molecule has 0 radical (unpaired) electrons. The molecule has 1 N–H and O–H groups in total. The molecule has 0 spiro atoms. The topological polar surface area (TPSA) is 49.8 Å². The maximum atomic E-state index is 12.2. The first-order valence-corrected chi connectivity index (χ1v) is 7.19. The fraction of sp³-hybridized carbons (Fsp3) is 0.562. The van der Waals surface area contributed by atoms with Crippen LogP contribution in [0.2, 0.25) is 0 Å². The zero-order chi connectivity index (χ0) is 14.5. The summed E-state index contributed by atoms with van der Waals surface area (Å²) in [5, 5.41) is 9.69. The Morgan fingerprint density at radius 3 is 3.00 bits per heavy atom. The van der Waals surface area contributed by atoms with Crippen LogP contribution in [-0.2, 0) is 11.2 Å². The number of carbonyl (C=O) groups is 1. The molecule has 2 atom stereocenters. The summed E-state index contributed by atoms with van der Waals surface area (Å²) >= 11 is 0. The Hall–Kier alpha value is -1.55. The Morgan fingerprint density at radius 2 is 2.30 bits per heavy atom. The van der Waals surface area contributed by atoms with Gasteiger partial charge < -0.3 is 14.7 Å². The number of aliphatic hydroxyl groups excluding tert-OH is 1. The molecule has 1 aromatic rings. The number of rotatable bonds is 4. The molecular formula is C16H23NO3. The molecule has 0 aliphatic carbocycles. The number of aliphatic hydroxyl groups is 1. The van der Waals surface area contributed by atoms with Crippen LogP contribution in [0.25, 0.3) is 0 Å². The first kappa shape index (κ1) is 14.9. The number of amides is 1. The first-order valence-electron chi connectivity index (χ1n) is 7.19. The van der Waals surface area contributed by atoms with Crippen molar-refractivity contribution < 1.29 is 14.6 Å². The van der Waals surface area contributed by atoms with Crippen LogP contribution in [0.1, 0.15) is 25.3 Å². The van der Waals surface area contributed by atoms with Gasteiger partial charge in [-0.05, 0) is 36.5 Å². The van der Waals surface area contributed by atoms with Crippen LogP contribution in [-0.4, -0.2) is 42.2 Å². The van der Waals surface area contributed by atoms with Gasteiger partial charge in [0.15, 0.2) is 0 Å². The molecule has 0 saturated carbocycles. The van der Waals surface area contributed by atoms with Gasteiger partial charge in [-0.2, -0.15) is 0 Å². The zero-order valence-electron chi connectivity index (χ0n) is 12.2. The molecular weight excluding hydrogens is 254 g/mol. The number of nitrogens with zero attached hydrogens (tertiary/aromatic N) is 1. The Labute approximate surface area is 120 Å². The van der Waals surface area contributed by atoms with Gasteiger partial charge in [0.1, 0.15) is 5.75 Å². The van der Waals surface area contributed by atoms with Crippen molar-refractivity contribution in [2.45, 2.75) is 32.3 Å². The lowest BCUT2D eigenvalue weighted by molar-refractivity contribution is -0.134. The third-order valence-electron chi connectivity index (χ3n) is 3.97. The fourth-order valence-electron chi connectivity index (χ4n) is 2.60. The predicted molar refractivity (Wildman–Crippen MR) is 77.7 cm³/mol. The number of hydrogen-bond acceptors (Lipinski definition) is 3. The van der Waals surface area contributed by atoms with Crippen molar-refractivity contribution in [2.75, 3.05) is 20.2 Å². The maximum absolute atomic E-state index is 12.2. The van der Waals surface area contributed by atoms with E-state index in [0.29, 0.717) is 25.9 Å². The van der Waals surface area contributed by atoms with Crippen LogP contribution in [0.5, 0.6) is 5.75 Å². The summed E-state index contributed by atoms with van der Waals surface area (Å²) in [6.45, 7) is 3.33. The minimum atomic E-state index is -0.266. The van der Waals surface area contributed by atoms with Crippen LogP contribution in [0.3, 0.4) is 0 Å². The van der Waals surface area contributed by atoms with Crippen molar-refractivity contribution in [1.82, 2.24) is 4.90 Å². The second-order valence-corrected chi connectivity index (χ2v) is 5.52. The van der Waals surface area contributed by atoms with Gasteiger partial charge in [0, 0.05) is 19.5 Å². The summed E-state index contributed by atoms with van der Waals surface area (Å²) in [5.41, 5.74) is 1.11. The van der Waals surface area contributed by atoms with Crippen LogP contribution in [0.4, 0.5) is 0 Å². The van der Waals surface area contributed by atoms with Crippen LogP contribution in [0, 0.1) is 5.92 Å². The molecule has 4 heteroatoms. The summed E-state index contributed by atoms with van der Waals surface area (Å²) in [6.07, 6.45) is 1.66. The number of aryl methyl sites for hydroxylation is 1. The number of piperidine rings is 1. The van der Waals surface area contributed by atoms with Gasteiger partial charge in [0.05, 0.1) is 13.2 Å². The number of carbonyl (C=O) groups excluding carboxylic acids is 1. The molecule has 1 saturated heterocycles. The van der Waals surface area contributed by atoms with E-state index in [9.17, 15) is 9.90 Å². The van der Waals surface area contributed by atoms with Crippen LogP contribution in [0.15, 0.2) is 24.3 Å². The highest BCUT2D eigenvalue weighted by atomic mass is 16.5. The lowest BCUT2D eigenvalue weighted by atomic mass is 9.96. The lowest BCUT2D eigenvalue weighted by Gasteiger charge is -2.34. The van der Waals surface area contributed by atoms with Crippen LogP contribution >= 0.6 is 0 Å². The van der Waals surface area contributed by atoms with Gasteiger partial charge in [0.2, 0.25) is 5.91 Å². The largest absolute Gasteiger partial charge is 0.497 e. The van der Waals surface area contributed by atoms with Gasteiger partial charge in [-0.15, -0.1) is 0 Å². The Kier molecular flexibility index (Phi) is 5.01. The van der Waals surface area contributed by atoms with E-state index in [1.165, 1.54) is 0 Å². The standard InChI is InChI=1S/C16H23NO3/c1-12-11-17(9-8-15(12)18)16(19)7-6-13-4-3-5-14(10-13)20-2/h3-5,10,12,15,18H,6-9,11H2,1-2H3. The van der Waals surface area contributed by atoms with E-state index in [0.717, 1.165) is 17.7 Å². The monoisotopic (exact) mass is 277 g/mol. The zero-order valence-corrected chi connectivity index (χ0v) is 12.2. The van der Waals surface area contributed by atoms with Crippen molar-refractivity contribution in [3.05, 3.63) is 29.8 Å². The molecule has 1 fully saturated rings. The van der Waals surface area contributed by atoms with Gasteiger partial charge in [-0.3, -0.25) is 4.79 Å². The highest BCUT2D eigenvalue weighted by molar-refractivity contribution is 5.76. The smallest absolute Gasteiger partial charge is 0.222 e. The molecule has 1 aliphatic heterocycles. The first-order chi connectivity index (χ1) is 9.60. The summed E-state index contributed by atoms with van der Waals surface area (Å²) in [5.74, 6) is 1.17. The molecule has 1 amide bonds. The van der Waals surface area contributed by atoms with E-state index in [-0.39, 0.29) is 17.9 Å². The minimum absolute atomic E-state index is 0.171. The highest BCUT2D eigenvalue weighted by Crippen LogP contribution is 2.18. The van der Waals surface area contributed by atoms with Gasteiger partial charge >= 0.3 is 0 Å². The molecule has 1 aliphatic rings.